The van der Waals surface area contributed by atoms with E-state index >= 15 is 0 Å². The van der Waals surface area contributed by atoms with Crippen LogP contribution in [0.1, 0.15) is 22.8 Å². The molecule has 5 heteroatoms. The molecular formula is C12H13NO4. The van der Waals surface area contributed by atoms with Gasteiger partial charge in [0.1, 0.15) is 0 Å². The number of aromatic carboxylic acids is 1. The maximum absolute atomic E-state index is 11.0. The predicted octanol–water partition coefficient (Wildman–Crippen LogP) is 2.10. The van der Waals surface area contributed by atoms with Gasteiger partial charge in [-0.05, 0) is 24.6 Å². The van der Waals surface area contributed by atoms with E-state index in [0.29, 0.717) is 5.56 Å². The maximum Gasteiger partial charge on any atom is 0.411 e. The number of carbonyl (C=O) groups excluding carboxylic acids is 1. The van der Waals surface area contributed by atoms with Crippen LogP contribution in [0.25, 0.3) is 6.08 Å². The fraction of sp³-hybridized carbons (Fsp3) is 0.167. The average Bonchev–Trinajstić information content (AvgIpc) is 2.30. The molecular weight excluding hydrogens is 222 g/mol. The Balaban J connectivity index is 2.71. The minimum absolute atomic E-state index is 0.175. The highest BCUT2D eigenvalue weighted by atomic mass is 16.5. The van der Waals surface area contributed by atoms with Crippen LogP contribution in [-0.4, -0.2) is 23.8 Å². The third-order valence-electron chi connectivity index (χ3n) is 1.93. The smallest absolute Gasteiger partial charge is 0.411 e. The van der Waals surface area contributed by atoms with Crippen LogP contribution >= 0.6 is 0 Å². The Morgan fingerprint density at radius 1 is 1.41 bits per heavy atom. The van der Waals surface area contributed by atoms with Crippen LogP contribution in [0.4, 0.5) is 4.79 Å². The lowest BCUT2D eigenvalue weighted by Crippen LogP contribution is -2.18. The summed E-state index contributed by atoms with van der Waals surface area (Å²) in [5, 5.41) is 11.3. The number of rotatable bonds is 4. The van der Waals surface area contributed by atoms with E-state index in [1.54, 1.807) is 25.1 Å². The quantitative estimate of drug-likeness (QED) is 0.837. The number of carboxylic acids is 1. The first-order valence-corrected chi connectivity index (χ1v) is 5.07. The van der Waals surface area contributed by atoms with Gasteiger partial charge in [0.15, 0.2) is 0 Å². The number of benzene rings is 1. The summed E-state index contributed by atoms with van der Waals surface area (Å²) in [5.41, 5.74) is 0.686. The van der Waals surface area contributed by atoms with E-state index in [1.807, 2.05) is 0 Å². The molecule has 0 heterocycles. The summed E-state index contributed by atoms with van der Waals surface area (Å²) >= 11 is 0. The molecule has 1 rings (SSSR count). The second kappa shape index (κ2) is 6.32. The Hall–Kier alpha value is -2.30. The minimum Gasteiger partial charge on any atom is -0.478 e. The molecule has 0 radical (unpaired) electrons. The number of carbonyl (C=O) groups is 2. The molecule has 1 amide bonds. The molecule has 0 fully saturated rings. The van der Waals surface area contributed by atoms with Gasteiger partial charge in [0.2, 0.25) is 0 Å². The van der Waals surface area contributed by atoms with Gasteiger partial charge in [0, 0.05) is 6.20 Å². The van der Waals surface area contributed by atoms with Crippen molar-refractivity contribution < 1.29 is 19.4 Å². The van der Waals surface area contributed by atoms with E-state index in [1.165, 1.54) is 18.3 Å². The summed E-state index contributed by atoms with van der Waals surface area (Å²) in [6.45, 7) is 1.98. The molecule has 0 saturated carbocycles. The zero-order valence-electron chi connectivity index (χ0n) is 9.34. The van der Waals surface area contributed by atoms with E-state index in [9.17, 15) is 9.59 Å². The third-order valence-corrected chi connectivity index (χ3v) is 1.93. The third kappa shape index (κ3) is 3.98. The van der Waals surface area contributed by atoms with Crippen molar-refractivity contribution in [2.24, 2.45) is 0 Å². The van der Waals surface area contributed by atoms with Gasteiger partial charge in [-0.15, -0.1) is 0 Å². The summed E-state index contributed by atoms with van der Waals surface area (Å²) in [6.07, 6.45) is 2.27. The molecule has 0 bridgehead atoms. The standard InChI is InChI=1S/C12H13NO4/c1-2-17-12(16)13-8-7-9-5-3-4-6-10(9)11(14)15/h3-8H,2H2,1H3,(H,13,16)(H,14,15). The van der Waals surface area contributed by atoms with Crippen molar-refractivity contribution in [1.29, 1.82) is 0 Å². The Morgan fingerprint density at radius 2 is 2.12 bits per heavy atom. The summed E-state index contributed by atoms with van der Waals surface area (Å²) in [7, 11) is 0. The molecule has 0 spiro atoms. The van der Waals surface area contributed by atoms with Gasteiger partial charge in [-0.2, -0.15) is 0 Å². The van der Waals surface area contributed by atoms with E-state index in [0.717, 1.165) is 0 Å². The van der Waals surface area contributed by atoms with Crippen LogP contribution in [0, 0.1) is 0 Å². The summed E-state index contributed by atoms with van der Waals surface area (Å²) in [6, 6.07) is 6.50. The molecule has 0 aliphatic heterocycles. The van der Waals surface area contributed by atoms with Crippen molar-refractivity contribution in [2.45, 2.75) is 6.92 Å². The molecule has 90 valence electrons. The lowest BCUT2D eigenvalue weighted by molar-refractivity contribution is 0.0696. The fourth-order valence-electron chi connectivity index (χ4n) is 1.21. The fourth-order valence-corrected chi connectivity index (χ4v) is 1.21. The van der Waals surface area contributed by atoms with Crippen LogP contribution in [0.2, 0.25) is 0 Å². The highest BCUT2D eigenvalue weighted by Gasteiger charge is 2.05. The van der Waals surface area contributed by atoms with Crippen molar-refractivity contribution in [3.8, 4) is 0 Å². The monoisotopic (exact) mass is 235 g/mol. The summed E-state index contributed by atoms with van der Waals surface area (Å²) < 4.78 is 4.64. The minimum atomic E-state index is -1.01. The number of amides is 1. The number of carboxylic acid groups (broad SMARTS) is 1. The Morgan fingerprint density at radius 3 is 2.76 bits per heavy atom. The van der Waals surface area contributed by atoms with Gasteiger partial charge >= 0.3 is 12.1 Å². The van der Waals surface area contributed by atoms with Gasteiger partial charge in [0.25, 0.3) is 0 Å². The van der Waals surface area contributed by atoms with Gasteiger partial charge in [-0.25, -0.2) is 9.59 Å². The number of ether oxygens (including phenoxy) is 1. The Kier molecular flexibility index (Phi) is 4.75. The van der Waals surface area contributed by atoms with Crippen molar-refractivity contribution >= 4 is 18.1 Å². The largest absolute Gasteiger partial charge is 0.478 e. The lowest BCUT2D eigenvalue weighted by atomic mass is 10.1. The van der Waals surface area contributed by atoms with Gasteiger partial charge < -0.3 is 9.84 Å². The number of nitrogens with one attached hydrogen (secondary N) is 1. The lowest BCUT2D eigenvalue weighted by Gasteiger charge is -2.01. The van der Waals surface area contributed by atoms with Crippen LogP contribution in [0.15, 0.2) is 30.5 Å². The SMILES string of the molecule is CCOC(=O)NC=Cc1ccccc1C(=O)O. The zero-order valence-corrected chi connectivity index (χ0v) is 9.34. The Labute approximate surface area is 98.7 Å². The molecule has 5 nitrogen and oxygen atoms in total. The molecule has 0 aromatic heterocycles. The second-order valence-electron chi connectivity index (χ2n) is 3.09. The molecule has 1 aromatic carbocycles. The maximum atomic E-state index is 11.0. The van der Waals surface area contributed by atoms with E-state index in [2.05, 4.69) is 10.1 Å². The summed E-state index contributed by atoms with van der Waals surface area (Å²) in [5.74, 6) is -1.01. The molecule has 17 heavy (non-hydrogen) atoms. The highest BCUT2D eigenvalue weighted by Crippen LogP contribution is 2.09. The first-order chi connectivity index (χ1) is 8.15. The summed E-state index contributed by atoms with van der Waals surface area (Å²) in [4.78, 5) is 21.8. The van der Waals surface area contributed by atoms with Crippen LogP contribution in [-0.2, 0) is 4.74 Å². The van der Waals surface area contributed by atoms with Crippen molar-refractivity contribution in [3.63, 3.8) is 0 Å². The van der Waals surface area contributed by atoms with Gasteiger partial charge in [-0.3, -0.25) is 5.32 Å². The first-order valence-electron chi connectivity index (χ1n) is 5.07. The molecule has 0 unspecified atom stereocenters. The molecule has 0 atom stereocenters. The topological polar surface area (TPSA) is 75.6 Å². The van der Waals surface area contributed by atoms with Crippen molar-refractivity contribution in [2.75, 3.05) is 6.61 Å². The zero-order chi connectivity index (χ0) is 12.7. The van der Waals surface area contributed by atoms with Crippen LogP contribution in [0.5, 0.6) is 0 Å². The molecule has 2 N–H and O–H groups in total. The van der Waals surface area contributed by atoms with Crippen molar-refractivity contribution in [3.05, 3.63) is 41.6 Å². The molecule has 0 saturated heterocycles. The normalized spacial score (nSPS) is 10.2. The number of hydrogen-bond donors (Lipinski definition) is 2. The molecule has 0 aliphatic carbocycles. The van der Waals surface area contributed by atoms with Gasteiger partial charge in [0.05, 0.1) is 12.2 Å². The predicted molar refractivity (Wildman–Crippen MR) is 62.6 cm³/mol. The van der Waals surface area contributed by atoms with E-state index in [4.69, 9.17) is 5.11 Å². The molecule has 0 aliphatic rings. The highest BCUT2D eigenvalue weighted by molar-refractivity contribution is 5.92. The van der Waals surface area contributed by atoms with Gasteiger partial charge in [-0.1, -0.05) is 18.2 Å². The average molecular weight is 235 g/mol. The Bertz CT molecular complexity index is 440. The first kappa shape index (κ1) is 12.8. The van der Waals surface area contributed by atoms with Crippen molar-refractivity contribution in [1.82, 2.24) is 5.32 Å². The van der Waals surface area contributed by atoms with Crippen LogP contribution in [0.3, 0.4) is 0 Å². The molecule has 1 aromatic rings. The van der Waals surface area contributed by atoms with E-state index < -0.39 is 12.1 Å². The van der Waals surface area contributed by atoms with Crippen LogP contribution < -0.4 is 5.32 Å². The van der Waals surface area contributed by atoms with E-state index in [-0.39, 0.29) is 12.2 Å². The second-order valence-corrected chi connectivity index (χ2v) is 3.09. The number of alkyl carbamates (subject to hydrolysis) is 1. The number of hydrogen-bond acceptors (Lipinski definition) is 3.